The lowest BCUT2D eigenvalue weighted by Crippen LogP contribution is -2.27. The second kappa shape index (κ2) is 5.61. The molecule has 0 bridgehead atoms. The van der Waals surface area contributed by atoms with Gasteiger partial charge in [0.1, 0.15) is 5.84 Å². The predicted molar refractivity (Wildman–Crippen MR) is 77.6 cm³/mol. The normalized spacial score (nSPS) is 15.2. The monoisotopic (exact) mass is 281 g/mol. The number of para-hydroxylation sites is 1. The number of anilines is 1. The third kappa shape index (κ3) is 3.07. The first-order chi connectivity index (χ1) is 9.01. The quantitative estimate of drug-likeness (QED) is 0.853. The molecule has 2 N–H and O–H groups in total. The summed E-state index contributed by atoms with van der Waals surface area (Å²) in [5.74, 6) is 0.872. The molecule has 1 aliphatic heterocycles. The van der Waals surface area contributed by atoms with Crippen LogP contribution in [-0.4, -0.2) is 39.1 Å². The van der Waals surface area contributed by atoms with Gasteiger partial charge in [0.15, 0.2) is 9.84 Å². The van der Waals surface area contributed by atoms with Crippen molar-refractivity contribution in [2.75, 3.05) is 25.0 Å². The number of hydrogen-bond acceptors (Lipinski definition) is 5. The molecule has 1 aromatic carbocycles. The number of amidine groups is 1. The van der Waals surface area contributed by atoms with E-state index in [9.17, 15) is 8.42 Å². The van der Waals surface area contributed by atoms with E-state index in [0.717, 1.165) is 18.9 Å². The van der Waals surface area contributed by atoms with Crippen LogP contribution in [0.2, 0.25) is 0 Å². The number of benzene rings is 1. The largest absolute Gasteiger partial charge is 0.377 e. The zero-order valence-corrected chi connectivity index (χ0v) is 12.0. The van der Waals surface area contributed by atoms with Gasteiger partial charge in [-0.3, -0.25) is 4.99 Å². The highest BCUT2D eigenvalue weighted by Gasteiger charge is 2.22. The van der Waals surface area contributed by atoms with Crippen LogP contribution >= 0.6 is 0 Å². The molecule has 1 aliphatic rings. The van der Waals surface area contributed by atoms with Crippen LogP contribution in [0, 0.1) is 0 Å². The van der Waals surface area contributed by atoms with E-state index in [-0.39, 0.29) is 0 Å². The molecule has 0 unspecified atom stereocenters. The fraction of sp³-hybridized carbons (Fsp3) is 0.462. The Morgan fingerprint density at radius 3 is 2.74 bits per heavy atom. The summed E-state index contributed by atoms with van der Waals surface area (Å²) < 4.78 is 24.5. The third-order valence-corrected chi connectivity index (χ3v) is 5.21. The summed E-state index contributed by atoms with van der Waals surface area (Å²) in [7, 11) is -3.28. The summed E-state index contributed by atoms with van der Waals surface area (Å²) in [6.07, 6.45) is 0. The lowest BCUT2D eigenvalue weighted by molar-refractivity contribution is 0.587. The molecule has 1 heterocycles. The fourth-order valence-electron chi connectivity index (χ4n) is 1.86. The van der Waals surface area contributed by atoms with Crippen LogP contribution < -0.4 is 10.6 Å². The van der Waals surface area contributed by atoms with E-state index in [1.807, 2.05) is 6.07 Å². The van der Waals surface area contributed by atoms with Crippen molar-refractivity contribution in [3.8, 4) is 0 Å². The van der Waals surface area contributed by atoms with Gasteiger partial charge in [-0.15, -0.1) is 0 Å². The molecule has 2 rings (SSSR count). The minimum atomic E-state index is -3.28. The van der Waals surface area contributed by atoms with E-state index in [1.165, 1.54) is 0 Å². The first-order valence-corrected chi connectivity index (χ1v) is 7.90. The molecule has 0 saturated heterocycles. The Hall–Kier alpha value is -1.56. The second-order valence-corrected chi connectivity index (χ2v) is 7.17. The van der Waals surface area contributed by atoms with Crippen LogP contribution in [0.15, 0.2) is 34.2 Å². The predicted octanol–water partition coefficient (Wildman–Crippen LogP) is 1.28. The lowest BCUT2D eigenvalue weighted by Gasteiger charge is -2.14. The number of rotatable bonds is 5. The topological polar surface area (TPSA) is 70.6 Å². The number of aliphatic imine (C=N–C) groups is 1. The van der Waals surface area contributed by atoms with E-state index in [0.29, 0.717) is 17.1 Å². The summed E-state index contributed by atoms with van der Waals surface area (Å²) in [6.45, 7) is 5.53. The highest BCUT2D eigenvalue weighted by atomic mass is 32.2. The SMILES string of the molecule is CC(C)S(=O)(=O)c1ccccc1NCC1=NCCN1. The second-order valence-electron chi connectivity index (χ2n) is 4.70. The first kappa shape index (κ1) is 13.9. The molecule has 0 amide bonds. The van der Waals surface area contributed by atoms with Crippen molar-refractivity contribution in [2.24, 2.45) is 4.99 Å². The van der Waals surface area contributed by atoms with Crippen LogP contribution in [0.4, 0.5) is 5.69 Å². The van der Waals surface area contributed by atoms with Crippen LogP contribution in [0.3, 0.4) is 0 Å². The molecule has 0 aliphatic carbocycles. The molecule has 0 fully saturated rings. The highest BCUT2D eigenvalue weighted by molar-refractivity contribution is 7.92. The molecule has 19 heavy (non-hydrogen) atoms. The molecule has 0 radical (unpaired) electrons. The minimum Gasteiger partial charge on any atom is -0.377 e. The van der Waals surface area contributed by atoms with Gasteiger partial charge in [-0.25, -0.2) is 8.42 Å². The van der Waals surface area contributed by atoms with E-state index in [4.69, 9.17) is 0 Å². The van der Waals surface area contributed by atoms with Gasteiger partial charge in [0, 0.05) is 6.54 Å². The average Bonchev–Trinajstić information content (AvgIpc) is 2.89. The summed E-state index contributed by atoms with van der Waals surface area (Å²) >= 11 is 0. The van der Waals surface area contributed by atoms with Gasteiger partial charge < -0.3 is 10.6 Å². The van der Waals surface area contributed by atoms with Crippen molar-refractivity contribution in [1.82, 2.24) is 5.32 Å². The fourth-order valence-corrected chi connectivity index (χ4v) is 3.08. The van der Waals surface area contributed by atoms with E-state index >= 15 is 0 Å². The number of nitrogens with zero attached hydrogens (tertiary/aromatic N) is 1. The Kier molecular flexibility index (Phi) is 4.09. The van der Waals surface area contributed by atoms with Gasteiger partial charge in [-0.2, -0.15) is 0 Å². The molecule has 6 heteroatoms. The summed E-state index contributed by atoms with van der Waals surface area (Å²) in [5, 5.41) is 5.86. The maximum atomic E-state index is 12.3. The molecule has 5 nitrogen and oxygen atoms in total. The van der Waals surface area contributed by atoms with Gasteiger partial charge >= 0.3 is 0 Å². The van der Waals surface area contributed by atoms with Gasteiger partial charge in [0.25, 0.3) is 0 Å². The maximum absolute atomic E-state index is 12.3. The van der Waals surface area contributed by atoms with Crippen LogP contribution in [0.1, 0.15) is 13.8 Å². The zero-order valence-electron chi connectivity index (χ0n) is 11.2. The van der Waals surface area contributed by atoms with Gasteiger partial charge in [0.2, 0.25) is 0 Å². The Morgan fingerprint density at radius 2 is 2.11 bits per heavy atom. The Labute approximate surface area is 114 Å². The van der Waals surface area contributed by atoms with Gasteiger partial charge in [0.05, 0.1) is 28.9 Å². The Morgan fingerprint density at radius 1 is 1.37 bits per heavy atom. The van der Waals surface area contributed by atoms with Crippen molar-refractivity contribution in [2.45, 2.75) is 24.0 Å². The number of nitrogens with one attached hydrogen (secondary N) is 2. The Bertz CT molecular complexity index is 579. The molecule has 104 valence electrons. The van der Waals surface area contributed by atoms with Crippen LogP contribution in [0.25, 0.3) is 0 Å². The molecule has 1 aromatic rings. The van der Waals surface area contributed by atoms with Crippen molar-refractivity contribution in [1.29, 1.82) is 0 Å². The standard InChI is InChI=1S/C13H19N3O2S/c1-10(2)19(17,18)12-6-4-3-5-11(12)16-9-13-14-7-8-15-13/h3-6,10,16H,7-9H2,1-2H3,(H,14,15). The van der Waals surface area contributed by atoms with E-state index in [1.54, 1.807) is 32.0 Å². The van der Waals surface area contributed by atoms with Gasteiger partial charge in [-0.05, 0) is 26.0 Å². The van der Waals surface area contributed by atoms with Crippen LogP contribution in [0.5, 0.6) is 0 Å². The average molecular weight is 281 g/mol. The van der Waals surface area contributed by atoms with E-state index in [2.05, 4.69) is 15.6 Å². The highest BCUT2D eigenvalue weighted by Crippen LogP contribution is 2.24. The minimum absolute atomic E-state index is 0.351. The van der Waals surface area contributed by atoms with Gasteiger partial charge in [-0.1, -0.05) is 12.1 Å². The molecule has 0 atom stereocenters. The molecular formula is C13H19N3O2S. The van der Waals surface area contributed by atoms with Crippen molar-refractivity contribution in [3.63, 3.8) is 0 Å². The summed E-state index contributed by atoms with van der Waals surface area (Å²) in [6, 6.07) is 6.99. The molecule has 0 aromatic heterocycles. The smallest absolute Gasteiger partial charge is 0.182 e. The molecule has 0 saturated carbocycles. The lowest BCUT2D eigenvalue weighted by atomic mass is 10.3. The van der Waals surface area contributed by atoms with Crippen molar-refractivity contribution < 1.29 is 8.42 Å². The zero-order chi connectivity index (χ0) is 13.9. The molecule has 0 spiro atoms. The first-order valence-electron chi connectivity index (χ1n) is 6.36. The summed E-state index contributed by atoms with van der Waals surface area (Å²) in [5.41, 5.74) is 0.632. The van der Waals surface area contributed by atoms with Crippen molar-refractivity contribution in [3.05, 3.63) is 24.3 Å². The van der Waals surface area contributed by atoms with Crippen LogP contribution in [-0.2, 0) is 9.84 Å². The third-order valence-electron chi connectivity index (χ3n) is 3.00. The number of hydrogen-bond donors (Lipinski definition) is 2. The number of sulfone groups is 1. The van der Waals surface area contributed by atoms with Crippen molar-refractivity contribution >= 4 is 21.4 Å². The van der Waals surface area contributed by atoms with E-state index < -0.39 is 15.1 Å². The maximum Gasteiger partial charge on any atom is 0.182 e. The Balaban J connectivity index is 2.21. The summed E-state index contributed by atoms with van der Waals surface area (Å²) in [4.78, 5) is 4.62. The molecular weight excluding hydrogens is 262 g/mol.